The summed E-state index contributed by atoms with van der Waals surface area (Å²) < 4.78 is 21.8. The number of sulfone groups is 1. The summed E-state index contributed by atoms with van der Waals surface area (Å²) in [6.45, 7) is 0. The SMILES string of the molecule is CS(=O)(=O)CC(=O)Nc1cc(C#N)ccc1Cl. The van der Waals surface area contributed by atoms with Crippen LogP contribution in [0.4, 0.5) is 5.69 Å². The van der Waals surface area contributed by atoms with Gasteiger partial charge >= 0.3 is 0 Å². The van der Waals surface area contributed by atoms with E-state index in [9.17, 15) is 13.2 Å². The molecule has 0 heterocycles. The van der Waals surface area contributed by atoms with E-state index < -0.39 is 21.5 Å². The maximum absolute atomic E-state index is 11.3. The molecular weight excluding hydrogens is 264 g/mol. The van der Waals surface area contributed by atoms with Gasteiger partial charge in [-0.2, -0.15) is 5.26 Å². The van der Waals surface area contributed by atoms with Crippen molar-refractivity contribution in [3.63, 3.8) is 0 Å². The Hall–Kier alpha value is -1.58. The van der Waals surface area contributed by atoms with Crippen LogP contribution >= 0.6 is 11.6 Å². The van der Waals surface area contributed by atoms with E-state index in [-0.39, 0.29) is 10.7 Å². The van der Waals surface area contributed by atoms with E-state index in [2.05, 4.69) is 5.32 Å². The minimum atomic E-state index is -3.39. The fourth-order valence-corrected chi connectivity index (χ4v) is 1.83. The Morgan fingerprint density at radius 3 is 2.71 bits per heavy atom. The topological polar surface area (TPSA) is 87.0 Å². The molecule has 0 atom stereocenters. The zero-order valence-corrected chi connectivity index (χ0v) is 10.5. The number of nitrogens with one attached hydrogen (secondary N) is 1. The Bertz CT molecular complexity index is 590. The van der Waals surface area contributed by atoms with E-state index in [4.69, 9.17) is 16.9 Å². The normalized spacial score (nSPS) is 10.6. The average molecular weight is 273 g/mol. The highest BCUT2D eigenvalue weighted by Crippen LogP contribution is 2.22. The maximum atomic E-state index is 11.3. The molecule has 1 N–H and O–H groups in total. The first-order chi connectivity index (χ1) is 7.81. The number of nitriles is 1. The zero-order chi connectivity index (χ0) is 13.1. The fraction of sp³-hybridized carbons (Fsp3) is 0.200. The summed E-state index contributed by atoms with van der Waals surface area (Å²) in [5.74, 6) is -1.32. The highest BCUT2D eigenvalue weighted by molar-refractivity contribution is 7.91. The van der Waals surface area contributed by atoms with Crippen molar-refractivity contribution in [1.82, 2.24) is 0 Å². The molecule has 0 aliphatic carbocycles. The van der Waals surface area contributed by atoms with Crippen molar-refractivity contribution >= 4 is 33.0 Å². The summed E-state index contributed by atoms with van der Waals surface area (Å²) >= 11 is 5.79. The van der Waals surface area contributed by atoms with Gasteiger partial charge in [0.05, 0.1) is 22.3 Å². The molecule has 1 amide bonds. The molecule has 1 rings (SSSR count). The predicted molar refractivity (Wildman–Crippen MR) is 64.5 cm³/mol. The quantitative estimate of drug-likeness (QED) is 0.895. The van der Waals surface area contributed by atoms with Crippen LogP contribution in [-0.2, 0) is 14.6 Å². The van der Waals surface area contributed by atoms with Gasteiger partial charge in [-0.05, 0) is 18.2 Å². The van der Waals surface area contributed by atoms with Gasteiger partial charge in [0.1, 0.15) is 5.75 Å². The second-order valence-electron chi connectivity index (χ2n) is 3.42. The molecule has 0 aromatic heterocycles. The van der Waals surface area contributed by atoms with E-state index >= 15 is 0 Å². The number of halogens is 1. The van der Waals surface area contributed by atoms with Crippen molar-refractivity contribution in [2.75, 3.05) is 17.3 Å². The molecule has 1 aromatic carbocycles. The van der Waals surface area contributed by atoms with E-state index in [1.165, 1.54) is 18.2 Å². The summed E-state index contributed by atoms with van der Waals surface area (Å²) in [7, 11) is -3.39. The summed E-state index contributed by atoms with van der Waals surface area (Å²) in [5.41, 5.74) is 0.545. The molecule has 0 fully saturated rings. The van der Waals surface area contributed by atoms with Crippen LogP contribution in [0.5, 0.6) is 0 Å². The number of amides is 1. The molecule has 0 unspecified atom stereocenters. The lowest BCUT2D eigenvalue weighted by molar-refractivity contribution is -0.113. The van der Waals surface area contributed by atoms with Crippen LogP contribution < -0.4 is 5.32 Å². The number of hydrogen-bond acceptors (Lipinski definition) is 4. The van der Waals surface area contributed by atoms with Gasteiger partial charge in [-0.15, -0.1) is 0 Å². The van der Waals surface area contributed by atoms with Crippen LogP contribution in [0, 0.1) is 11.3 Å². The van der Waals surface area contributed by atoms with Crippen molar-refractivity contribution in [3.8, 4) is 6.07 Å². The molecule has 7 heteroatoms. The molecule has 0 spiro atoms. The van der Waals surface area contributed by atoms with Crippen molar-refractivity contribution in [2.45, 2.75) is 0 Å². The van der Waals surface area contributed by atoms with Crippen LogP contribution in [0.1, 0.15) is 5.56 Å². The molecule has 0 aliphatic rings. The van der Waals surface area contributed by atoms with Gasteiger partial charge in [0.2, 0.25) is 5.91 Å². The molecular formula is C10H9ClN2O3S. The lowest BCUT2D eigenvalue weighted by Crippen LogP contribution is -2.22. The number of anilines is 1. The smallest absolute Gasteiger partial charge is 0.239 e. The van der Waals surface area contributed by atoms with Crippen LogP contribution in [-0.4, -0.2) is 26.3 Å². The van der Waals surface area contributed by atoms with Crippen molar-refractivity contribution in [1.29, 1.82) is 5.26 Å². The van der Waals surface area contributed by atoms with Crippen LogP contribution in [0.3, 0.4) is 0 Å². The summed E-state index contributed by atoms with van der Waals surface area (Å²) in [4.78, 5) is 11.3. The van der Waals surface area contributed by atoms with E-state index in [0.29, 0.717) is 5.56 Å². The molecule has 90 valence electrons. The third kappa shape index (κ3) is 4.43. The van der Waals surface area contributed by atoms with Gasteiger partial charge in [-0.3, -0.25) is 4.79 Å². The molecule has 1 aromatic rings. The molecule has 0 radical (unpaired) electrons. The lowest BCUT2D eigenvalue weighted by atomic mass is 10.2. The Balaban J connectivity index is 2.89. The van der Waals surface area contributed by atoms with Gasteiger partial charge in [-0.25, -0.2) is 8.42 Å². The van der Waals surface area contributed by atoms with Gasteiger partial charge < -0.3 is 5.32 Å². The molecule has 5 nitrogen and oxygen atoms in total. The Kier molecular flexibility index (Phi) is 4.10. The predicted octanol–water partition coefficient (Wildman–Crippen LogP) is 1.19. The number of hydrogen-bond donors (Lipinski definition) is 1. The number of nitrogens with zero attached hydrogens (tertiary/aromatic N) is 1. The van der Waals surface area contributed by atoms with E-state index in [1.807, 2.05) is 6.07 Å². The van der Waals surface area contributed by atoms with Crippen molar-refractivity contribution in [2.24, 2.45) is 0 Å². The highest BCUT2D eigenvalue weighted by atomic mass is 35.5. The first-order valence-electron chi connectivity index (χ1n) is 4.49. The molecule has 17 heavy (non-hydrogen) atoms. The number of benzene rings is 1. The molecule has 0 aliphatic heterocycles. The third-order valence-corrected chi connectivity index (χ3v) is 2.88. The van der Waals surface area contributed by atoms with Gasteiger partial charge in [0.15, 0.2) is 9.84 Å². The van der Waals surface area contributed by atoms with E-state index in [1.54, 1.807) is 0 Å². The average Bonchev–Trinajstić information content (AvgIpc) is 2.18. The fourth-order valence-electron chi connectivity index (χ4n) is 1.12. The lowest BCUT2D eigenvalue weighted by Gasteiger charge is -2.06. The van der Waals surface area contributed by atoms with Gasteiger partial charge in [0.25, 0.3) is 0 Å². The minimum Gasteiger partial charge on any atom is -0.324 e. The number of rotatable bonds is 3. The van der Waals surface area contributed by atoms with Gasteiger partial charge in [-0.1, -0.05) is 11.6 Å². The first kappa shape index (κ1) is 13.5. The van der Waals surface area contributed by atoms with Crippen molar-refractivity contribution in [3.05, 3.63) is 28.8 Å². The van der Waals surface area contributed by atoms with Crippen LogP contribution in [0.2, 0.25) is 5.02 Å². The van der Waals surface area contributed by atoms with Gasteiger partial charge in [0, 0.05) is 6.26 Å². The Morgan fingerprint density at radius 1 is 1.53 bits per heavy atom. The molecule has 0 saturated heterocycles. The largest absolute Gasteiger partial charge is 0.324 e. The maximum Gasteiger partial charge on any atom is 0.239 e. The van der Waals surface area contributed by atoms with Crippen LogP contribution in [0.15, 0.2) is 18.2 Å². The summed E-state index contributed by atoms with van der Waals surface area (Å²) in [6.07, 6.45) is 0.958. The third-order valence-electron chi connectivity index (χ3n) is 1.76. The van der Waals surface area contributed by atoms with Crippen molar-refractivity contribution < 1.29 is 13.2 Å². The second-order valence-corrected chi connectivity index (χ2v) is 5.97. The zero-order valence-electron chi connectivity index (χ0n) is 8.90. The van der Waals surface area contributed by atoms with Crippen LogP contribution in [0.25, 0.3) is 0 Å². The molecule has 0 bridgehead atoms. The monoisotopic (exact) mass is 272 g/mol. The minimum absolute atomic E-state index is 0.222. The first-order valence-corrected chi connectivity index (χ1v) is 6.93. The Morgan fingerprint density at radius 2 is 2.18 bits per heavy atom. The summed E-state index contributed by atoms with van der Waals surface area (Å²) in [5, 5.41) is 11.3. The molecule has 0 saturated carbocycles. The standard InChI is InChI=1S/C10H9ClN2O3S/c1-17(15,16)6-10(14)13-9-4-7(5-12)2-3-8(9)11/h2-4H,6H2,1H3,(H,13,14). The number of carbonyl (C=O) groups excluding carboxylic acids is 1. The van der Waals surface area contributed by atoms with E-state index in [0.717, 1.165) is 6.26 Å². The highest BCUT2D eigenvalue weighted by Gasteiger charge is 2.12. The Labute approximate surface area is 104 Å². The second kappa shape index (κ2) is 5.17. The number of carbonyl (C=O) groups is 1. The summed E-state index contributed by atoms with van der Waals surface area (Å²) in [6, 6.07) is 6.21.